The van der Waals surface area contributed by atoms with Gasteiger partial charge in [-0.1, -0.05) is 155 Å². The average molecular weight is 573 g/mol. The number of unbranched alkanes of at least 4 members (excludes halogenated alkanes) is 22. The van der Waals surface area contributed by atoms with Crippen LogP contribution >= 0.6 is 0 Å². The predicted molar refractivity (Wildman–Crippen MR) is 166 cm³/mol. The second-order valence-electron chi connectivity index (χ2n) is 12.2. The van der Waals surface area contributed by atoms with Crippen LogP contribution in [0.3, 0.4) is 0 Å². The molecule has 1 fully saturated rings. The third kappa shape index (κ3) is 19.0. The first kappa shape index (κ1) is 37.8. The Hall–Kier alpha value is -0.240. The number of aliphatic hydroxyl groups excluding tert-OH is 3. The van der Waals surface area contributed by atoms with E-state index in [9.17, 15) is 15.3 Å². The van der Waals surface area contributed by atoms with Gasteiger partial charge >= 0.3 is 0 Å². The molecule has 0 amide bonds. The summed E-state index contributed by atoms with van der Waals surface area (Å²) in [4.78, 5) is 0. The van der Waals surface area contributed by atoms with Crippen molar-refractivity contribution in [1.29, 1.82) is 0 Å². The highest BCUT2D eigenvalue weighted by atomic mass is 16.7. The summed E-state index contributed by atoms with van der Waals surface area (Å²) in [6, 6.07) is 0. The lowest BCUT2D eigenvalue weighted by Gasteiger charge is -2.42. The molecule has 5 atom stereocenters. The minimum absolute atomic E-state index is 0.359. The maximum absolute atomic E-state index is 10.7. The molecule has 0 radical (unpaired) electrons. The monoisotopic (exact) mass is 573 g/mol. The molecule has 0 spiro atoms. The quantitative estimate of drug-likeness (QED) is 0.0783. The molecule has 1 rings (SSSR count). The SMILES string of the molecule is CCCCCCCCCCCCCCO[C@H]1[C@H](O)[C@@H](CO)OC(O)[C@@H]1OCCCCCCCCCCCCCC. The van der Waals surface area contributed by atoms with Gasteiger partial charge in [0.25, 0.3) is 0 Å². The van der Waals surface area contributed by atoms with Crippen LogP contribution in [0.1, 0.15) is 168 Å². The molecule has 0 aromatic carbocycles. The van der Waals surface area contributed by atoms with Crippen LogP contribution < -0.4 is 0 Å². The molecule has 1 aliphatic heterocycles. The third-order valence-corrected chi connectivity index (χ3v) is 8.43. The van der Waals surface area contributed by atoms with Crippen LogP contribution in [0.5, 0.6) is 0 Å². The lowest BCUT2D eigenvalue weighted by atomic mass is 9.98. The van der Waals surface area contributed by atoms with Crippen molar-refractivity contribution in [3.63, 3.8) is 0 Å². The van der Waals surface area contributed by atoms with Crippen LogP contribution in [0.4, 0.5) is 0 Å². The molecule has 3 N–H and O–H groups in total. The van der Waals surface area contributed by atoms with E-state index in [1.54, 1.807) is 0 Å². The van der Waals surface area contributed by atoms with E-state index in [2.05, 4.69) is 13.8 Å². The summed E-state index contributed by atoms with van der Waals surface area (Å²) in [7, 11) is 0. The summed E-state index contributed by atoms with van der Waals surface area (Å²) in [5.41, 5.74) is 0. The van der Waals surface area contributed by atoms with Crippen molar-refractivity contribution in [2.24, 2.45) is 0 Å². The van der Waals surface area contributed by atoms with Gasteiger partial charge in [-0.15, -0.1) is 0 Å². The van der Waals surface area contributed by atoms with Crippen LogP contribution in [0.15, 0.2) is 0 Å². The zero-order chi connectivity index (χ0) is 29.1. The maximum atomic E-state index is 10.7. The van der Waals surface area contributed by atoms with Gasteiger partial charge in [0.1, 0.15) is 24.4 Å². The Balaban J connectivity index is 2.15. The van der Waals surface area contributed by atoms with Crippen LogP contribution in [0.25, 0.3) is 0 Å². The molecule has 0 aromatic heterocycles. The molecule has 6 nitrogen and oxygen atoms in total. The first-order valence-corrected chi connectivity index (χ1v) is 17.5. The van der Waals surface area contributed by atoms with E-state index >= 15 is 0 Å². The van der Waals surface area contributed by atoms with Crippen molar-refractivity contribution < 1.29 is 29.5 Å². The Morgan fingerprint density at radius 2 is 0.800 bits per heavy atom. The Kier molecular flexibility index (Phi) is 26.1. The van der Waals surface area contributed by atoms with E-state index in [-0.39, 0.29) is 6.61 Å². The van der Waals surface area contributed by atoms with E-state index in [0.29, 0.717) is 13.2 Å². The summed E-state index contributed by atoms with van der Waals surface area (Å²) in [6.07, 6.45) is 26.2. The molecular formula is C34H68O6. The Morgan fingerprint density at radius 3 is 1.15 bits per heavy atom. The Bertz CT molecular complexity index is 519. The van der Waals surface area contributed by atoms with Gasteiger partial charge in [0.05, 0.1) is 6.61 Å². The van der Waals surface area contributed by atoms with Crippen molar-refractivity contribution in [1.82, 2.24) is 0 Å². The van der Waals surface area contributed by atoms with Crippen molar-refractivity contribution in [3.8, 4) is 0 Å². The van der Waals surface area contributed by atoms with E-state index < -0.39 is 30.7 Å². The van der Waals surface area contributed by atoms with Gasteiger partial charge in [0.2, 0.25) is 0 Å². The first-order valence-electron chi connectivity index (χ1n) is 17.5. The molecule has 6 heteroatoms. The second-order valence-corrected chi connectivity index (χ2v) is 12.2. The number of ether oxygens (including phenoxy) is 3. The molecular weight excluding hydrogens is 504 g/mol. The third-order valence-electron chi connectivity index (χ3n) is 8.43. The predicted octanol–water partition coefficient (Wildman–Crippen LogP) is 8.23. The summed E-state index contributed by atoms with van der Waals surface area (Å²) < 4.78 is 17.4. The minimum atomic E-state index is -1.20. The van der Waals surface area contributed by atoms with Gasteiger partial charge in [-0.05, 0) is 12.8 Å². The van der Waals surface area contributed by atoms with E-state index in [0.717, 1.165) is 25.7 Å². The minimum Gasteiger partial charge on any atom is -0.394 e. The molecule has 1 aliphatic rings. The summed E-state index contributed by atoms with van der Waals surface area (Å²) in [5.74, 6) is 0. The lowest BCUT2D eigenvalue weighted by molar-refractivity contribution is -0.303. The number of hydrogen-bond donors (Lipinski definition) is 3. The van der Waals surface area contributed by atoms with E-state index in [1.807, 2.05) is 0 Å². The Labute approximate surface area is 247 Å². The molecule has 0 saturated carbocycles. The summed E-state index contributed by atoms with van der Waals surface area (Å²) in [5, 5.41) is 30.8. The van der Waals surface area contributed by atoms with Gasteiger partial charge in [-0.3, -0.25) is 0 Å². The van der Waals surface area contributed by atoms with Gasteiger partial charge in [-0.2, -0.15) is 0 Å². The highest BCUT2D eigenvalue weighted by Crippen LogP contribution is 2.26. The summed E-state index contributed by atoms with van der Waals surface area (Å²) in [6.45, 7) is 5.19. The summed E-state index contributed by atoms with van der Waals surface area (Å²) >= 11 is 0. The molecule has 0 aliphatic carbocycles. The smallest absolute Gasteiger partial charge is 0.184 e. The zero-order valence-electron chi connectivity index (χ0n) is 26.5. The van der Waals surface area contributed by atoms with Crippen LogP contribution in [-0.4, -0.2) is 65.8 Å². The van der Waals surface area contributed by atoms with Crippen LogP contribution in [0, 0.1) is 0 Å². The van der Waals surface area contributed by atoms with Crippen molar-refractivity contribution in [2.45, 2.75) is 199 Å². The average Bonchev–Trinajstić information content (AvgIpc) is 2.96. The van der Waals surface area contributed by atoms with Gasteiger partial charge in [0, 0.05) is 13.2 Å². The van der Waals surface area contributed by atoms with Gasteiger partial charge in [-0.25, -0.2) is 0 Å². The number of aliphatic hydroxyl groups is 3. The van der Waals surface area contributed by atoms with Gasteiger partial charge < -0.3 is 29.5 Å². The first-order chi connectivity index (χ1) is 19.7. The topological polar surface area (TPSA) is 88.4 Å². The maximum Gasteiger partial charge on any atom is 0.184 e. The number of hydrogen-bond acceptors (Lipinski definition) is 6. The van der Waals surface area contributed by atoms with E-state index in [1.165, 1.54) is 128 Å². The van der Waals surface area contributed by atoms with Crippen molar-refractivity contribution >= 4 is 0 Å². The zero-order valence-corrected chi connectivity index (χ0v) is 26.5. The second kappa shape index (κ2) is 27.6. The fourth-order valence-corrected chi connectivity index (χ4v) is 5.75. The van der Waals surface area contributed by atoms with E-state index in [4.69, 9.17) is 14.2 Å². The standard InChI is InChI=1S/C34H68O6/c1-3-5-7-9-11-13-15-17-19-21-23-25-27-38-32-31(36)30(29-35)40-34(37)33(32)39-28-26-24-22-20-18-16-14-12-10-8-6-4-2/h30-37H,3-29H2,1-2H3/t30-,31-,32+,33-,34?/m1/s1. The largest absolute Gasteiger partial charge is 0.394 e. The molecule has 0 bridgehead atoms. The Morgan fingerprint density at radius 1 is 0.475 bits per heavy atom. The van der Waals surface area contributed by atoms with Crippen LogP contribution in [0.2, 0.25) is 0 Å². The fraction of sp³-hybridized carbons (Fsp3) is 1.00. The highest BCUT2D eigenvalue weighted by molar-refractivity contribution is 4.90. The number of rotatable bonds is 29. The normalized spacial score (nSPS) is 23.2. The van der Waals surface area contributed by atoms with Crippen LogP contribution in [-0.2, 0) is 14.2 Å². The molecule has 0 aromatic rings. The molecule has 40 heavy (non-hydrogen) atoms. The molecule has 1 unspecified atom stereocenters. The van der Waals surface area contributed by atoms with Crippen molar-refractivity contribution in [3.05, 3.63) is 0 Å². The van der Waals surface area contributed by atoms with Crippen molar-refractivity contribution in [2.75, 3.05) is 19.8 Å². The van der Waals surface area contributed by atoms with Gasteiger partial charge in [0.15, 0.2) is 6.29 Å². The fourth-order valence-electron chi connectivity index (χ4n) is 5.75. The molecule has 240 valence electrons. The molecule has 1 saturated heterocycles. The molecule has 1 heterocycles. The lowest BCUT2D eigenvalue weighted by Crippen LogP contribution is -2.60. The highest BCUT2D eigenvalue weighted by Gasteiger charge is 2.45.